The molecule has 0 spiro atoms. The largest absolute Gasteiger partial charge is 0.392 e. The van der Waals surface area contributed by atoms with Crippen LogP contribution in [0.5, 0.6) is 0 Å². The van der Waals surface area contributed by atoms with Gasteiger partial charge in [-0.2, -0.15) is 0 Å². The molecule has 1 heterocycles. The van der Waals surface area contributed by atoms with Crippen LogP contribution in [-0.2, 0) is 4.79 Å². The number of nitrogens with one attached hydrogen (secondary N) is 1. The molecule has 0 aliphatic rings. The number of thiocarbonyl (C=S) groups is 1. The summed E-state index contributed by atoms with van der Waals surface area (Å²) in [7, 11) is 0. The van der Waals surface area contributed by atoms with E-state index in [4.69, 9.17) is 18.0 Å². The third kappa shape index (κ3) is 4.23. The van der Waals surface area contributed by atoms with Crippen molar-refractivity contribution in [3.63, 3.8) is 0 Å². The zero-order valence-corrected chi connectivity index (χ0v) is 14.6. The standard InChI is InChI=1S/C15H25N3OS2/c1-4-7-15(8-5-2,13(16)20)14(19)18-11(6-3)12-17-9-10-21-12/h9-11H,4-8H2,1-3H3,(H2,16,20)(H,18,19). The normalized spacial score (nSPS) is 12.9. The molecule has 1 atom stereocenters. The van der Waals surface area contributed by atoms with E-state index < -0.39 is 5.41 Å². The summed E-state index contributed by atoms with van der Waals surface area (Å²) < 4.78 is 0. The summed E-state index contributed by atoms with van der Waals surface area (Å²) in [5, 5.41) is 5.95. The van der Waals surface area contributed by atoms with Crippen LogP contribution in [0.4, 0.5) is 0 Å². The molecule has 0 radical (unpaired) electrons. The summed E-state index contributed by atoms with van der Waals surface area (Å²) in [5.41, 5.74) is 5.21. The summed E-state index contributed by atoms with van der Waals surface area (Å²) in [6.45, 7) is 6.14. The molecule has 0 aliphatic heterocycles. The maximum atomic E-state index is 12.8. The SMILES string of the molecule is CCCC(CCC)(C(=O)NC(CC)c1nccs1)C(N)=S. The van der Waals surface area contributed by atoms with Gasteiger partial charge in [0.1, 0.15) is 5.01 Å². The minimum Gasteiger partial charge on any atom is -0.392 e. The highest BCUT2D eigenvalue weighted by Crippen LogP contribution is 2.32. The minimum atomic E-state index is -0.733. The van der Waals surface area contributed by atoms with Gasteiger partial charge >= 0.3 is 0 Å². The van der Waals surface area contributed by atoms with E-state index in [-0.39, 0.29) is 11.9 Å². The Morgan fingerprint density at radius 2 is 2.05 bits per heavy atom. The number of thiazole rings is 1. The van der Waals surface area contributed by atoms with E-state index in [1.165, 1.54) is 0 Å². The number of carbonyl (C=O) groups is 1. The quantitative estimate of drug-likeness (QED) is 0.680. The van der Waals surface area contributed by atoms with Gasteiger partial charge in [-0.25, -0.2) is 4.98 Å². The van der Waals surface area contributed by atoms with Crippen molar-refractivity contribution in [2.45, 2.75) is 58.9 Å². The van der Waals surface area contributed by atoms with Gasteiger partial charge in [0.15, 0.2) is 0 Å². The molecule has 4 nitrogen and oxygen atoms in total. The average Bonchev–Trinajstić information content (AvgIpc) is 2.97. The van der Waals surface area contributed by atoms with Gasteiger partial charge in [0.05, 0.1) is 16.4 Å². The second-order valence-corrected chi connectivity index (χ2v) is 6.62. The lowest BCUT2D eigenvalue weighted by atomic mass is 9.78. The zero-order valence-electron chi connectivity index (χ0n) is 13.0. The third-order valence-electron chi connectivity index (χ3n) is 3.72. The van der Waals surface area contributed by atoms with E-state index >= 15 is 0 Å². The lowest BCUT2D eigenvalue weighted by Crippen LogP contribution is -2.49. The van der Waals surface area contributed by atoms with Gasteiger partial charge in [-0.1, -0.05) is 45.8 Å². The Morgan fingerprint density at radius 3 is 2.43 bits per heavy atom. The number of hydrogen-bond donors (Lipinski definition) is 2. The molecule has 0 saturated carbocycles. The minimum absolute atomic E-state index is 0.0549. The average molecular weight is 328 g/mol. The van der Waals surface area contributed by atoms with Crippen LogP contribution in [0.15, 0.2) is 11.6 Å². The van der Waals surface area contributed by atoms with Crippen molar-refractivity contribution in [2.75, 3.05) is 0 Å². The fourth-order valence-corrected chi connectivity index (χ4v) is 3.67. The molecular weight excluding hydrogens is 302 g/mol. The predicted octanol–water partition coefficient (Wildman–Crippen LogP) is 3.58. The zero-order chi connectivity index (χ0) is 15.9. The number of amides is 1. The van der Waals surface area contributed by atoms with Crippen LogP contribution in [0.3, 0.4) is 0 Å². The first-order chi connectivity index (χ1) is 10.0. The van der Waals surface area contributed by atoms with Gasteiger partial charge in [-0.05, 0) is 19.3 Å². The second-order valence-electron chi connectivity index (χ2n) is 5.25. The molecule has 21 heavy (non-hydrogen) atoms. The number of rotatable bonds is 9. The molecule has 0 fully saturated rings. The Morgan fingerprint density at radius 1 is 1.43 bits per heavy atom. The van der Waals surface area contributed by atoms with Crippen molar-refractivity contribution < 1.29 is 4.79 Å². The summed E-state index contributed by atoms with van der Waals surface area (Å²) in [6.07, 6.45) is 5.68. The molecular formula is C15H25N3OS2. The van der Waals surface area contributed by atoms with E-state index in [9.17, 15) is 4.79 Å². The lowest BCUT2D eigenvalue weighted by molar-refractivity contribution is -0.129. The second kappa shape index (κ2) is 8.44. The Hall–Kier alpha value is -1.01. The number of nitrogens with zero attached hydrogens (tertiary/aromatic N) is 1. The smallest absolute Gasteiger partial charge is 0.233 e. The molecule has 1 unspecified atom stereocenters. The highest BCUT2D eigenvalue weighted by molar-refractivity contribution is 7.80. The van der Waals surface area contributed by atoms with Crippen LogP contribution in [0.25, 0.3) is 0 Å². The Bertz CT molecular complexity index is 453. The highest BCUT2D eigenvalue weighted by atomic mass is 32.1. The van der Waals surface area contributed by atoms with Crippen molar-refractivity contribution in [2.24, 2.45) is 11.1 Å². The molecule has 118 valence electrons. The van der Waals surface area contributed by atoms with Crippen LogP contribution in [0.1, 0.15) is 63.9 Å². The van der Waals surface area contributed by atoms with Gasteiger partial charge in [0.2, 0.25) is 5.91 Å². The molecule has 0 aromatic carbocycles. The Labute approximate surface area is 136 Å². The first-order valence-electron chi connectivity index (χ1n) is 7.52. The maximum Gasteiger partial charge on any atom is 0.233 e. The molecule has 0 bridgehead atoms. The van der Waals surface area contributed by atoms with Crippen molar-refractivity contribution in [1.29, 1.82) is 0 Å². The monoisotopic (exact) mass is 327 g/mol. The molecule has 0 aliphatic carbocycles. The van der Waals surface area contributed by atoms with Gasteiger partial charge in [-0.15, -0.1) is 11.3 Å². The van der Waals surface area contributed by atoms with Crippen LogP contribution in [0, 0.1) is 5.41 Å². The van der Waals surface area contributed by atoms with Crippen molar-refractivity contribution in [3.05, 3.63) is 16.6 Å². The summed E-state index contributed by atoms with van der Waals surface area (Å²) in [5.74, 6) is -0.0549. The fourth-order valence-electron chi connectivity index (χ4n) is 2.61. The van der Waals surface area contributed by atoms with E-state index in [2.05, 4.69) is 10.3 Å². The number of carbonyl (C=O) groups excluding carboxylic acids is 1. The molecule has 1 aromatic heterocycles. The maximum absolute atomic E-state index is 12.8. The van der Waals surface area contributed by atoms with E-state index in [0.717, 1.165) is 24.3 Å². The molecule has 1 amide bonds. The summed E-state index contributed by atoms with van der Waals surface area (Å²) in [4.78, 5) is 17.5. The van der Waals surface area contributed by atoms with Gasteiger partial charge < -0.3 is 11.1 Å². The molecule has 1 rings (SSSR count). The summed E-state index contributed by atoms with van der Waals surface area (Å²) >= 11 is 6.78. The van der Waals surface area contributed by atoms with E-state index in [0.29, 0.717) is 17.8 Å². The predicted molar refractivity (Wildman–Crippen MR) is 92.3 cm³/mol. The van der Waals surface area contributed by atoms with Gasteiger partial charge in [0, 0.05) is 11.6 Å². The number of hydrogen-bond acceptors (Lipinski definition) is 4. The van der Waals surface area contributed by atoms with Gasteiger partial charge in [0.25, 0.3) is 0 Å². The van der Waals surface area contributed by atoms with Crippen LogP contribution >= 0.6 is 23.6 Å². The first kappa shape index (κ1) is 18.0. The van der Waals surface area contributed by atoms with Crippen molar-refractivity contribution in [3.8, 4) is 0 Å². The number of aromatic nitrogens is 1. The van der Waals surface area contributed by atoms with Crippen molar-refractivity contribution >= 4 is 34.5 Å². The Kier molecular flexibility index (Phi) is 7.25. The molecule has 6 heteroatoms. The Balaban J connectivity index is 2.96. The first-order valence-corrected chi connectivity index (χ1v) is 8.80. The van der Waals surface area contributed by atoms with Gasteiger partial charge in [-0.3, -0.25) is 4.79 Å². The highest BCUT2D eigenvalue weighted by Gasteiger charge is 2.40. The van der Waals surface area contributed by atoms with Crippen LogP contribution < -0.4 is 11.1 Å². The third-order valence-corrected chi connectivity index (χ3v) is 5.00. The molecule has 3 N–H and O–H groups in total. The number of nitrogens with two attached hydrogens (primary N) is 1. The summed E-state index contributed by atoms with van der Waals surface area (Å²) in [6, 6.07) is -0.0695. The fraction of sp³-hybridized carbons (Fsp3) is 0.667. The van der Waals surface area contributed by atoms with Crippen LogP contribution in [-0.4, -0.2) is 15.9 Å². The van der Waals surface area contributed by atoms with E-state index in [1.807, 2.05) is 26.2 Å². The topological polar surface area (TPSA) is 68.0 Å². The van der Waals surface area contributed by atoms with Crippen LogP contribution in [0.2, 0.25) is 0 Å². The lowest BCUT2D eigenvalue weighted by Gasteiger charge is -2.32. The van der Waals surface area contributed by atoms with Crippen molar-refractivity contribution in [1.82, 2.24) is 10.3 Å². The van der Waals surface area contributed by atoms with E-state index in [1.54, 1.807) is 17.5 Å². The molecule has 0 saturated heterocycles. The molecule has 1 aromatic rings.